The van der Waals surface area contributed by atoms with Crippen molar-refractivity contribution >= 4 is 33.8 Å². The van der Waals surface area contributed by atoms with E-state index in [1.165, 1.54) is 21.5 Å². The van der Waals surface area contributed by atoms with Gasteiger partial charge in [0.25, 0.3) is 0 Å². The number of nitrogens with zero attached hydrogens (tertiary/aromatic N) is 2. The number of sulfonamides is 1. The molecule has 1 heterocycles. The molecule has 1 aromatic carbocycles. The number of amides is 1. The summed E-state index contributed by atoms with van der Waals surface area (Å²) in [7, 11) is -3.48. The summed E-state index contributed by atoms with van der Waals surface area (Å²) in [5.74, 6) is 0.844. The van der Waals surface area contributed by atoms with Gasteiger partial charge in [0.2, 0.25) is 15.9 Å². The Morgan fingerprint density at radius 2 is 1.83 bits per heavy atom. The zero-order valence-electron chi connectivity index (χ0n) is 13.4. The van der Waals surface area contributed by atoms with E-state index >= 15 is 0 Å². The first-order valence-corrected chi connectivity index (χ1v) is 10.4. The van der Waals surface area contributed by atoms with Crippen LogP contribution in [0, 0.1) is 0 Å². The Morgan fingerprint density at radius 1 is 1.17 bits per heavy atom. The van der Waals surface area contributed by atoms with Gasteiger partial charge < -0.3 is 10.0 Å². The molecule has 1 fully saturated rings. The average molecular weight is 370 g/mol. The van der Waals surface area contributed by atoms with Crippen LogP contribution in [0.3, 0.4) is 0 Å². The Hall–Kier alpha value is -1.35. The summed E-state index contributed by atoms with van der Waals surface area (Å²) < 4.78 is 26.1. The lowest BCUT2D eigenvalue weighted by Gasteiger charge is -2.33. The van der Waals surface area contributed by atoms with Crippen LogP contribution in [0.1, 0.15) is 5.56 Å². The van der Waals surface area contributed by atoms with E-state index in [9.17, 15) is 13.2 Å². The Kier molecular flexibility index (Phi) is 7.29. The Bertz CT molecular complexity index is 654. The predicted molar refractivity (Wildman–Crippen MR) is 97.0 cm³/mol. The molecule has 0 spiro atoms. The predicted octanol–water partition coefficient (Wildman–Crippen LogP) is 0.857. The van der Waals surface area contributed by atoms with Gasteiger partial charge in [0.05, 0.1) is 12.4 Å². The van der Waals surface area contributed by atoms with Crippen LogP contribution < -0.4 is 0 Å². The van der Waals surface area contributed by atoms with Gasteiger partial charge >= 0.3 is 0 Å². The molecule has 8 heteroatoms. The van der Waals surface area contributed by atoms with Crippen molar-refractivity contribution in [2.24, 2.45) is 0 Å². The van der Waals surface area contributed by atoms with Gasteiger partial charge in [-0.15, -0.1) is 11.8 Å². The molecule has 0 aliphatic carbocycles. The summed E-state index contributed by atoms with van der Waals surface area (Å²) in [4.78, 5) is 13.7. The maximum atomic E-state index is 12.4. The molecule has 24 heavy (non-hydrogen) atoms. The van der Waals surface area contributed by atoms with Gasteiger partial charge in [0, 0.05) is 37.3 Å². The van der Waals surface area contributed by atoms with E-state index in [1.807, 2.05) is 30.3 Å². The van der Waals surface area contributed by atoms with Crippen molar-refractivity contribution in [3.05, 3.63) is 41.3 Å². The van der Waals surface area contributed by atoms with Crippen molar-refractivity contribution in [2.45, 2.75) is 0 Å². The fourth-order valence-electron chi connectivity index (χ4n) is 2.32. The molecule has 1 aromatic rings. The highest BCUT2D eigenvalue weighted by atomic mass is 32.2. The molecule has 1 amide bonds. The van der Waals surface area contributed by atoms with Gasteiger partial charge in [0.1, 0.15) is 0 Å². The molecule has 0 saturated carbocycles. The normalized spacial score (nSPS) is 16.6. The minimum absolute atomic E-state index is 0.00896. The van der Waals surface area contributed by atoms with Crippen molar-refractivity contribution in [3.8, 4) is 0 Å². The molecule has 0 bridgehead atoms. The van der Waals surface area contributed by atoms with Gasteiger partial charge in [-0.1, -0.05) is 30.3 Å². The number of aliphatic hydroxyl groups is 1. The number of rotatable bonds is 7. The van der Waals surface area contributed by atoms with Crippen molar-refractivity contribution in [1.82, 2.24) is 9.21 Å². The Morgan fingerprint density at radius 3 is 2.46 bits per heavy atom. The minimum atomic E-state index is -3.48. The number of aliphatic hydroxyl groups excluding tert-OH is 1. The summed E-state index contributed by atoms with van der Waals surface area (Å²) in [6.07, 6.45) is 1.58. The number of piperazine rings is 1. The molecule has 2 rings (SSSR count). The average Bonchev–Trinajstić information content (AvgIpc) is 2.61. The molecule has 1 saturated heterocycles. The van der Waals surface area contributed by atoms with Gasteiger partial charge in [-0.2, -0.15) is 4.31 Å². The minimum Gasteiger partial charge on any atom is -0.396 e. The number of carbonyl (C=O) groups is 1. The molecule has 0 atom stereocenters. The van der Waals surface area contributed by atoms with E-state index in [0.29, 0.717) is 37.7 Å². The smallest absolute Gasteiger partial charge is 0.236 e. The van der Waals surface area contributed by atoms with Crippen LogP contribution in [-0.4, -0.2) is 72.9 Å². The van der Waals surface area contributed by atoms with Gasteiger partial charge in [-0.25, -0.2) is 8.42 Å². The third-order valence-electron chi connectivity index (χ3n) is 3.64. The highest BCUT2D eigenvalue weighted by molar-refractivity contribution is 7.99. The molecule has 0 radical (unpaired) electrons. The first-order valence-electron chi connectivity index (χ1n) is 7.72. The number of thioether (sulfide) groups is 1. The van der Waals surface area contributed by atoms with E-state index < -0.39 is 10.0 Å². The van der Waals surface area contributed by atoms with Crippen LogP contribution in [0.5, 0.6) is 0 Å². The topological polar surface area (TPSA) is 77.9 Å². The second-order valence-corrected chi connectivity index (χ2v) is 8.24. The van der Waals surface area contributed by atoms with Crippen molar-refractivity contribution in [3.63, 3.8) is 0 Å². The summed E-state index contributed by atoms with van der Waals surface area (Å²) in [5.41, 5.74) is 0.829. The summed E-state index contributed by atoms with van der Waals surface area (Å²) in [5, 5.41) is 9.94. The molecule has 6 nitrogen and oxygen atoms in total. The van der Waals surface area contributed by atoms with Crippen LogP contribution in [0.15, 0.2) is 35.7 Å². The maximum Gasteiger partial charge on any atom is 0.236 e. The number of benzene rings is 1. The van der Waals surface area contributed by atoms with E-state index in [1.54, 1.807) is 11.0 Å². The zero-order valence-corrected chi connectivity index (χ0v) is 15.0. The Labute approximate surface area is 147 Å². The van der Waals surface area contributed by atoms with Crippen molar-refractivity contribution < 1.29 is 18.3 Å². The lowest BCUT2D eigenvalue weighted by Crippen LogP contribution is -2.50. The largest absolute Gasteiger partial charge is 0.396 e. The van der Waals surface area contributed by atoms with Crippen LogP contribution in [-0.2, 0) is 14.8 Å². The SMILES string of the molecule is O=C(CSCCO)N1CCN(S(=O)(=O)/C=C/c2ccccc2)CC1. The van der Waals surface area contributed by atoms with E-state index in [2.05, 4.69) is 0 Å². The summed E-state index contributed by atoms with van der Waals surface area (Å²) >= 11 is 1.38. The first kappa shape index (κ1) is 19.0. The van der Waals surface area contributed by atoms with E-state index in [0.717, 1.165) is 5.56 Å². The monoisotopic (exact) mass is 370 g/mol. The highest BCUT2D eigenvalue weighted by Gasteiger charge is 2.27. The van der Waals surface area contributed by atoms with Crippen LogP contribution in [0.2, 0.25) is 0 Å². The van der Waals surface area contributed by atoms with Gasteiger partial charge in [-0.05, 0) is 11.6 Å². The second-order valence-electron chi connectivity index (χ2n) is 5.31. The lowest BCUT2D eigenvalue weighted by molar-refractivity contribution is -0.129. The molecule has 1 N–H and O–H groups in total. The summed E-state index contributed by atoms with van der Waals surface area (Å²) in [6.45, 7) is 1.46. The van der Waals surface area contributed by atoms with E-state index in [4.69, 9.17) is 5.11 Å². The zero-order chi connectivity index (χ0) is 17.4. The highest BCUT2D eigenvalue weighted by Crippen LogP contribution is 2.12. The van der Waals surface area contributed by atoms with Crippen LogP contribution in [0.4, 0.5) is 0 Å². The third kappa shape index (κ3) is 5.62. The molecule has 1 aliphatic heterocycles. The summed E-state index contributed by atoms with van der Waals surface area (Å²) in [6, 6.07) is 9.26. The number of carbonyl (C=O) groups excluding carboxylic acids is 1. The van der Waals surface area contributed by atoms with Crippen LogP contribution in [0.25, 0.3) is 6.08 Å². The fourth-order valence-corrected chi connectivity index (χ4v) is 4.13. The van der Waals surface area contributed by atoms with Gasteiger partial charge in [-0.3, -0.25) is 4.79 Å². The van der Waals surface area contributed by atoms with E-state index in [-0.39, 0.29) is 12.5 Å². The second kappa shape index (κ2) is 9.22. The molecular weight excluding hydrogens is 348 g/mol. The Balaban J connectivity index is 1.86. The standard InChI is InChI=1S/C16H22N2O4S2/c19-11-12-23-14-16(20)17-7-9-18(10-8-17)24(21,22)13-6-15-4-2-1-3-5-15/h1-6,13,19H,7-12,14H2/b13-6+. The maximum absolute atomic E-state index is 12.4. The fraction of sp³-hybridized carbons (Fsp3) is 0.438. The third-order valence-corrected chi connectivity index (χ3v) is 6.13. The van der Waals surface area contributed by atoms with Gasteiger partial charge in [0.15, 0.2) is 0 Å². The molecule has 132 valence electrons. The molecule has 0 unspecified atom stereocenters. The quantitative estimate of drug-likeness (QED) is 0.720. The molecule has 0 aromatic heterocycles. The van der Waals surface area contributed by atoms with Crippen molar-refractivity contribution in [1.29, 1.82) is 0 Å². The molecular formula is C16H22N2O4S2. The van der Waals surface area contributed by atoms with Crippen molar-refractivity contribution in [2.75, 3.05) is 44.3 Å². The molecule has 1 aliphatic rings. The first-order chi connectivity index (χ1) is 11.5. The number of hydrogen-bond donors (Lipinski definition) is 1. The van der Waals surface area contributed by atoms with Crippen LogP contribution >= 0.6 is 11.8 Å². The lowest BCUT2D eigenvalue weighted by atomic mass is 10.2. The number of hydrogen-bond acceptors (Lipinski definition) is 5.